The summed E-state index contributed by atoms with van der Waals surface area (Å²) in [6.07, 6.45) is 4.96. The van der Waals surface area contributed by atoms with E-state index >= 15 is 0 Å². The van der Waals surface area contributed by atoms with Crippen molar-refractivity contribution >= 4 is 32.6 Å². The van der Waals surface area contributed by atoms with E-state index in [0.29, 0.717) is 24.6 Å². The Morgan fingerprint density at radius 3 is 2.96 bits per heavy atom. The number of hydrogen-bond acceptors (Lipinski definition) is 6. The smallest absolute Gasteiger partial charge is 0.254 e. The molecule has 4 rings (SSSR count). The molecule has 0 aliphatic carbocycles. The Labute approximate surface area is 155 Å². The highest BCUT2D eigenvalue weighted by Crippen LogP contribution is 2.32. The maximum absolute atomic E-state index is 13.2. The Morgan fingerprint density at radius 2 is 2.23 bits per heavy atom. The van der Waals surface area contributed by atoms with Crippen molar-refractivity contribution in [2.24, 2.45) is 0 Å². The summed E-state index contributed by atoms with van der Waals surface area (Å²) in [5.41, 5.74) is 1.22. The van der Waals surface area contributed by atoms with Gasteiger partial charge in [0.2, 0.25) is 0 Å². The zero-order chi connectivity index (χ0) is 18.0. The maximum atomic E-state index is 13.2. The van der Waals surface area contributed by atoms with Crippen molar-refractivity contribution in [3.63, 3.8) is 0 Å². The molecule has 1 aliphatic rings. The quantitative estimate of drug-likeness (QED) is 0.720. The molecule has 0 saturated carbocycles. The monoisotopic (exact) mass is 371 g/mol. The highest BCUT2D eigenvalue weighted by atomic mass is 32.1. The molecule has 3 aromatic rings. The molecule has 0 bridgehead atoms. The Bertz CT molecular complexity index is 900. The van der Waals surface area contributed by atoms with Crippen LogP contribution in [0.3, 0.4) is 0 Å². The average molecular weight is 371 g/mol. The van der Waals surface area contributed by atoms with Crippen molar-refractivity contribution in [2.45, 2.75) is 25.0 Å². The molecule has 1 amide bonds. The molecule has 0 spiro atoms. The third kappa shape index (κ3) is 3.00. The number of carbonyl (C=O) groups is 1. The number of piperidine rings is 1. The largest absolute Gasteiger partial charge is 0.380 e. The number of ether oxygens (including phenoxy) is 1. The number of rotatable bonds is 5. The highest BCUT2D eigenvalue weighted by Gasteiger charge is 2.42. The fourth-order valence-corrected chi connectivity index (χ4v) is 4.38. The fourth-order valence-electron chi connectivity index (χ4n) is 3.47. The molecule has 0 unspecified atom stereocenters. The first-order valence-electron chi connectivity index (χ1n) is 8.62. The van der Waals surface area contributed by atoms with E-state index in [1.54, 1.807) is 18.0 Å². The van der Waals surface area contributed by atoms with E-state index in [1.807, 2.05) is 30.5 Å². The number of nitrogens with zero attached hydrogens (tertiary/aromatic N) is 3. The van der Waals surface area contributed by atoms with Gasteiger partial charge in [0.05, 0.1) is 16.8 Å². The zero-order valence-electron chi connectivity index (χ0n) is 14.6. The van der Waals surface area contributed by atoms with Crippen LogP contribution in [0.2, 0.25) is 0 Å². The van der Waals surface area contributed by atoms with Gasteiger partial charge in [0.15, 0.2) is 5.13 Å². The summed E-state index contributed by atoms with van der Waals surface area (Å²) >= 11 is 1.48. The lowest BCUT2D eigenvalue weighted by Gasteiger charge is -2.36. The Morgan fingerprint density at radius 1 is 1.38 bits per heavy atom. The first-order valence-corrected chi connectivity index (χ1v) is 9.44. The highest BCUT2D eigenvalue weighted by molar-refractivity contribution is 7.22. The molecule has 1 fully saturated rings. The van der Waals surface area contributed by atoms with E-state index in [4.69, 9.17) is 4.74 Å². The van der Waals surface area contributed by atoms with E-state index in [9.17, 15) is 4.79 Å². The summed E-state index contributed by atoms with van der Waals surface area (Å²) in [7, 11) is 1.67. The maximum Gasteiger partial charge on any atom is 0.254 e. The predicted octanol–water partition coefficient (Wildman–Crippen LogP) is 2.36. The van der Waals surface area contributed by atoms with Crippen LogP contribution >= 0.6 is 11.3 Å². The third-order valence-corrected chi connectivity index (χ3v) is 5.76. The van der Waals surface area contributed by atoms with Crippen LogP contribution in [-0.2, 0) is 21.7 Å². The van der Waals surface area contributed by atoms with E-state index in [2.05, 4.69) is 20.7 Å². The van der Waals surface area contributed by atoms with Crippen molar-refractivity contribution in [1.29, 1.82) is 0 Å². The van der Waals surface area contributed by atoms with Gasteiger partial charge in [-0.15, -0.1) is 0 Å². The molecule has 1 aliphatic heterocycles. The molecule has 136 valence electrons. The van der Waals surface area contributed by atoms with Gasteiger partial charge >= 0.3 is 0 Å². The molecule has 1 aromatic carbocycles. The van der Waals surface area contributed by atoms with Gasteiger partial charge in [-0.05, 0) is 38.1 Å². The normalized spacial score (nSPS) is 16.7. The van der Waals surface area contributed by atoms with Gasteiger partial charge in [-0.2, -0.15) is 5.10 Å². The van der Waals surface area contributed by atoms with Gasteiger partial charge in [-0.3, -0.25) is 14.8 Å². The summed E-state index contributed by atoms with van der Waals surface area (Å²) in [6.45, 7) is 2.06. The van der Waals surface area contributed by atoms with E-state index in [0.717, 1.165) is 28.9 Å². The zero-order valence-corrected chi connectivity index (χ0v) is 15.4. The van der Waals surface area contributed by atoms with Crippen LogP contribution in [0.15, 0.2) is 36.7 Å². The number of thiazole rings is 1. The van der Waals surface area contributed by atoms with Crippen molar-refractivity contribution in [2.75, 3.05) is 25.5 Å². The predicted molar refractivity (Wildman–Crippen MR) is 101 cm³/mol. The Balaban J connectivity index is 1.64. The molecule has 8 heteroatoms. The molecule has 2 aromatic heterocycles. The SMILES string of the molecule is COCc1cccc2sc(NC(=O)C3(n4cccn4)CCNCC3)nc12. The number of benzene rings is 1. The molecular weight excluding hydrogens is 350 g/mol. The summed E-state index contributed by atoms with van der Waals surface area (Å²) < 4.78 is 8.07. The molecule has 2 N–H and O–H groups in total. The molecule has 0 atom stereocenters. The minimum atomic E-state index is -0.679. The van der Waals surface area contributed by atoms with Gasteiger partial charge in [0.1, 0.15) is 5.54 Å². The average Bonchev–Trinajstić information content (AvgIpc) is 3.33. The van der Waals surface area contributed by atoms with E-state index in [-0.39, 0.29) is 5.91 Å². The second-order valence-electron chi connectivity index (χ2n) is 6.40. The number of carbonyl (C=O) groups excluding carboxylic acids is 1. The second-order valence-corrected chi connectivity index (χ2v) is 7.43. The number of aromatic nitrogens is 3. The second kappa shape index (κ2) is 7.14. The van der Waals surface area contributed by atoms with Crippen molar-refractivity contribution in [1.82, 2.24) is 20.1 Å². The minimum Gasteiger partial charge on any atom is -0.380 e. The van der Waals surface area contributed by atoms with Crippen LogP contribution in [0.4, 0.5) is 5.13 Å². The number of amides is 1. The van der Waals surface area contributed by atoms with Crippen LogP contribution < -0.4 is 10.6 Å². The number of anilines is 1. The lowest BCUT2D eigenvalue weighted by molar-refractivity contribution is -0.126. The van der Waals surface area contributed by atoms with Crippen LogP contribution in [0, 0.1) is 0 Å². The number of fused-ring (bicyclic) bond motifs is 1. The van der Waals surface area contributed by atoms with Crippen LogP contribution in [0.25, 0.3) is 10.2 Å². The number of nitrogens with one attached hydrogen (secondary N) is 2. The van der Waals surface area contributed by atoms with Crippen molar-refractivity contribution in [3.8, 4) is 0 Å². The Kier molecular flexibility index (Phi) is 4.71. The first kappa shape index (κ1) is 17.1. The molecule has 3 heterocycles. The van der Waals surface area contributed by atoms with Gasteiger partial charge in [0, 0.05) is 25.1 Å². The van der Waals surface area contributed by atoms with Gasteiger partial charge in [-0.1, -0.05) is 23.5 Å². The van der Waals surface area contributed by atoms with Crippen LogP contribution in [0.1, 0.15) is 18.4 Å². The topological polar surface area (TPSA) is 81.1 Å². The molecule has 26 heavy (non-hydrogen) atoms. The van der Waals surface area contributed by atoms with Crippen LogP contribution in [-0.4, -0.2) is 40.9 Å². The summed E-state index contributed by atoms with van der Waals surface area (Å²) in [4.78, 5) is 17.9. The van der Waals surface area contributed by atoms with Gasteiger partial charge in [-0.25, -0.2) is 4.98 Å². The third-order valence-electron chi connectivity index (χ3n) is 4.82. The number of methoxy groups -OCH3 is 1. The number of para-hydroxylation sites is 1. The summed E-state index contributed by atoms with van der Waals surface area (Å²) in [5, 5.41) is 11.3. The number of hydrogen-bond donors (Lipinski definition) is 2. The van der Waals surface area contributed by atoms with Crippen molar-refractivity contribution < 1.29 is 9.53 Å². The van der Waals surface area contributed by atoms with Gasteiger partial charge < -0.3 is 10.1 Å². The van der Waals surface area contributed by atoms with E-state index < -0.39 is 5.54 Å². The summed E-state index contributed by atoms with van der Waals surface area (Å²) in [5.74, 6) is -0.0601. The molecule has 7 nitrogen and oxygen atoms in total. The molecule has 1 saturated heterocycles. The first-order chi connectivity index (χ1) is 12.7. The lowest BCUT2D eigenvalue weighted by Crippen LogP contribution is -2.52. The lowest BCUT2D eigenvalue weighted by atomic mass is 9.87. The Hall–Kier alpha value is -2.29. The molecular formula is C18H21N5O2S. The fraction of sp³-hybridized carbons (Fsp3) is 0.389. The standard InChI is InChI=1S/C18H21N5O2S/c1-25-12-13-4-2-5-14-15(13)21-17(26-14)22-16(24)18(6-9-19-10-7-18)23-11-3-8-20-23/h2-5,8,11,19H,6-7,9-10,12H2,1H3,(H,21,22,24). The van der Waals surface area contributed by atoms with Gasteiger partial charge in [0.25, 0.3) is 5.91 Å². The summed E-state index contributed by atoms with van der Waals surface area (Å²) in [6, 6.07) is 7.84. The van der Waals surface area contributed by atoms with Crippen molar-refractivity contribution in [3.05, 3.63) is 42.2 Å². The minimum absolute atomic E-state index is 0.0601. The van der Waals surface area contributed by atoms with Crippen LogP contribution in [0.5, 0.6) is 0 Å². The van der Waals surface area contributed by atoms with E-state index in [1.165, 1.54) is 11.3 Å². The molecule has 0 radical (unpaired) electrons.